The number of hydrogen-bond donors (Lipinski definition) is 2. The average molecular weight is 392 g/mol. The van der Waals surface area contributed by atoms with Gasteiger partial charge in [-0.25, -0.2) is 0 Å². The van der Waals surface area contributed by atoms with Crippen molar-refractivity contribution in [2.75, 3.05) is 26.2 Å². The number of benzene rings is 1. The van der Waals surface area contributed by atoms with Crippen LogP contribution in [0.1, 0.15) is 47.2 Å². The summed E-state index contributed by atoms with van der Waals surface area (Å²) in [5.41, 5.74) is 2.36. The number of carbonyl (C=O) groups excluding carboxylic acids is 3. The number of rotatable bonds is 2. The Hall–Kier alpha value is -2.69. The van der Waals surface area contributed by atoms with Gasteiger partial charge in [-0.15, -0.1) is 0 Å². The Kier molecular flexibility index (Phi) is 4.41. The third kappa shape index (κ3) is 3.22. The third-order valence-electron chi connectivity index (χ3n) is 6.46. The number of amides is 3. The highest BCUT2D eigenvalue weighted by Crippen LogP contribution is 2.41. The van der Waals surface area contributed by atoms with E-state index in [-0.39, 0.29) is 29.7 Å². The van der Waals surface area contributed by atoms with Gasteiger partial charge in [-0.1, -0.05) is 17.9 Å². The highest BCUT2D eigenvalue weighted by atomic mass is 16.2. The highest BCUT2D eigenvalue weighted by Gasteiger charge is 2.47. The largest absolute Gasteiger partial charge is 0.322 e. The molecule has 1 aromatic rings. The van der Waals surface area contributed by atoms with Gasteiger partial charge in [-0.05, 0) is 37.0 Å². The van der Waals surface area contributed by atoms with Crippen LogP contribution in [0.15, 0.2) is 18.2 Å². The summed E-state index contributed by atoms with van der Waals surface area (Å²) in [5, 5.41) is 5.73. The van der Waals surface area contributed by atoms with Crippen LogP contribution in [0.5, 0.6) is 0 Å². The molecular weight excluding hydrogens is 368 g/mol. The van der Waals surface area contributed by atoms with Crippen LogP contribution < -0.4 is 10.6 Å². The van der Waals surface area contributed by atoms with Crippen LogP contribution in [0, 0.1) is 11.8 Å². The third-order valence-corrected chi connectivity index (χ3v) is 6.46. The molecule has 3 heterocycles. The van der Waals surface area contributed by atoms with Gasteiger partial charge in [-0.2, -0.15) is 0 Å². The van der Waals surface area contributed by atoms with E-state index >= 15 is 0 Å². The number of fused-ring (bicyclic) bond motifs is 1. The Morgan fingerprint density at radius 3 is 2.62 bits per heavy atom. The van der Waals surface area contributed by atoms with Crippen molar-refractivity contribution in [2.24, 2.45) is 0 Å². The molecule has 0 bridgehead atoms. The van der Waals surface area contributed by atoms with Crippen molar-refractivity contribution in [3.8, 4) is 11.8 Å². The zero-order valence-electron chi connectivity index (χ0n) is 16.3. The van der Waals surface area contributed by atoms with E-state index in [2.05, 4.69) is 27.4 Å². The normalized spacial score (nSPS) is 25.9. The minimum atomic E-state index is -0.593. The number of carbonyl (C=O) groups is 3. The molecule has 1 unspecified atom stereocenters. The van der Waals surface area contributed by atoms with E-state index in [9.17, 15) is 14.4 Å². The van der Waals surface area contributed by atoms with E-state index in [0.29, 0.717) is 18.5 Å². The van der Waals surface area contributed by atoms with E-state index in [1.807, 2.05) is 12.1 Å². The smallest absolute Gasteiger partial charge is 0.255 e. The first kappa shape index (κ1) is 18.3. The van der Waals surface area contributed by atoms with Gasteiger partial charge in [0.2, 0.25) is 11.8 Å². The number of piperazine rings is 1. The molecule has 1 aliphatic carbocycles. The fourth-order valence-corrected chi connectivity index (χ4v) is 4.62. The second-order valence-corrected chi connectivity index (χ2v) is 8.25. The van der Waals surface area contributed by atoms with Crippen molar-refractivity contribution in [1.82, 2.24) is 20.4 Å². The average Bonchev–Trinajstić information content (AvgIpc) is 3.46. The summed E-state index contributed by atoms with van der Waals surface area (Å²) in [4.78, 5) is 40.7. The molecule has 7 nitrogen and oxygen atoms in total. The van der Waals surface area contributed by atoms with Crippen molar-refractivity contribution >= 4 is 17.7 Å². The Bertz CT molecular complexity index is 951. The summed E-state index contributed by atoms with van der Waals surface area (Å²) < 4.78 is 0. The number of hydrogen-bond acceptors (Lipinski definition) is 5. The molecule has 0 spiro atoms. The van der Waals surface area contributed by atoms with Gasteiger partial charge in [-0.3, -0.25) is 24.6 Å². The number of nitrogens with one attached hydrogen (secondary N) is 2. The molecule has 1 atom stereocenters. The lowest BCUT2D eigenvalue weighted by Gasteiger charge is -2.32. The maximum Gasteiger partial charge on any atom is 0.255 e. The lowest BCUT2D eigenvalue weighted by atomic mass is 10.0. The maximum absolute atomic E-state index is 12.9. The van der Waals surface area contributed by atoms with Gasteiger partial charge in [0.15, 0.2) is 0 Å². The summed E-state index contributed by atoms with van der Waals surface area (Å²) in [6.45, 7) is 4.40. The van der Waals surface area contributed by atoms with Crippen molar-refractivity contribution in [2.45, 2.75) is 43.8 Å². The molecule has 2 saturated heterocycles. The van der Waals surface area contributed by atoms with Crippen LogP contribution in [-0.2, 0) is 16.1 Å². The molecule has 0 aromatic heterocycles. The minimum Gasteiger partial charge on any atom is -0.322 e. The maximum atomic E-state index is 12.9. The van der Waals surface area contributed by atoms with Gasteiger partial charge < -0.3 is 10.2 Å². The van der Waals surface area contributed by atoms with E-state index in [4.69, 9.17) is 0 Å². The second-order valence-electron chi connectivity index (χ2n) is 8.25. The van der Waals surface area contributed by atoms with Gasteiger partial charge >= 0.3 is 0 Å². The first-order valence-corrected chi connectivity index (χ1v) is 10.3. The topological polar surface area (TPSA) is 81.8 Å². The van der Waals surface area contributed by atoms with E-state index in [0.717, 1.165) is 50.1 Å². The molecule has 1 aromatic carbocycles. The molecule has 0 radical (unpaired) electrons. The molecule has 3 fully saturated rings. The van der Waals surface area contributed by atoms with Gasteiger partial charge in [0.05, 0.1) is 5.54 Å². The van der Waals surface area contributed by atoms with Crippen LogP contribution >= 0.6 is 0 Å². The predicted octanol–water partition coefficient (Wildman–Crippen LogP) is 0.237. The molecule has 4 aliphatic rings. The zero-order valence-corrected chi connectivity index (χ0v) is 16.3. The summed E-state index contributed by atoms with van der Waals surface area (Å²) in [5.74, 6) is 6.06. The monoisotopic (exact) mass is 392 g/mol. The molecule has 3 aliphatic heterocycles. The molecular formula is C22H24N4O3. The van der Waals surface area contributed by atoms with Crippen molar-refractivity contribution in [1.29, 1.82) is 0 Å². The van der Waals surface area contributed by atoms with Crippen LogP contribution in [0.25, 0.3) is 0 Å². The molecule has 29 heavy (non-hydrogen) atoms. The standard InChI is InChI=1S/C22H24N4O3/c27-19-5-4-18(20(28)24-19)26-14-17-15(2-1-3-16(17)21(26)29)6-7-22(8-9-22)25-12-10-23-11-13-25/h1-3,18,23H,4-5,8-14H2,(H,24,27,28). The Morgan fingerprint density at radius 1 is 1.10 bits per heavy atom. The molecule has 150 valence electrons. The zero-order chi connectivity index (χ0) is 20.0. The summed E-state index contributed by atoms with van der Waals surface area (Å²) in [7, 11) is 0. The number of nitrogens with zero attached hydrogens (tertiary/aromatic N) is 2. The summed E-state index contributed by atoms with van der Waals surface area (Å²) in [6, 6.07) is 5.03. The van der Waals surface area contributed by atoms with E-state index in [1.165, 1.54) is 0 Å². The minimum absolute atomic E-state index is 0.0171. The first-order chi connectivity index (χ1) is 14.1. The van der Waals surface area contributed by atoms with Crippen molar-refractivity contribution < 1.29 is 14.4 Å². The fraction of sp³-hybridized carbons (Fsp3) is 0.500. The summed E-state index contributed by atoms with van der Waals surface area (Å²) >= 11 is 0. The Balaban J connectivity index is 1.39. The Labute approximate surface area is 169 Å². The lowest BCUT2D eigenvalue weighted by molar-refractivity contribution is -0.136. The predicted molar refractivity (Wildman–Crippen MR) is 106 cm³/mol. The van der Waals surface area contributed by atoms with Crippen molar-refractivity contribution in [3.63, 3.8) is 0 Å². The summed E-state index contributed by atoms with van der Waals surface area (Å²) in [6.07, 6.45) is 2.82. The fourth-order valence-electron chi connectivity index (χ4n) is 4.62. The van der Waals surface area contributed by atoms with Crippen LogP contribution in [0.4, 0.5) is 0 Å². The highest BCUT2D eigenvalue weighted by molar-refractivity contribution is 6.05. The number of piperidine rings is 1. The molecule has 7 heteroatoms. The molecule has 5 rings (SSSR count). The van der Waals surface area contributed by atoms with Gasteiger partial charge in [0, 0.05) is 50.3 Å². The molecule has 1 saturated carbocycles. The quantitative estimate of drug-likeness (QED) is 0.557. The molecule has 3 amide bonds. The second kappa shape index (κ2) is 6.97. The van der Waals surface area contributed by atoms with E-state index < -0.39 is 6.04 Å². The van der Waals surface area contributed by atoms with Crippen LogP contribution in [0.2, 0.25) is 0 Å². The SMILES string of the molecule is O=C1CCC(N2Cc3c(C#CC4(N5CCNCC5)CC4)cccc3C2=O)C(=O)N1. The van der Waals surface area contributed by atoms with Crippen LogP contribution in [-0.4, -0.2) is 65.3 Å². The Morgan fingerprint density at radius 2 is 1.90 bits per heavy atom. The molecule has 2 N–H and O–H groups in total. The lowest BCUT2D eigenvalue weighted by Crippen LogP contribution is -2.52. The van der Waals surface area contributed by atoms with Gasteiger partial charge in [0.1, 0.15) is 6.04 Å². The van der Waals surface area contributed by atoms with Gasteiger partial charge in [0.25, 0.3) is 5.91 Å². The van der Waals surface area contributed by atoms with E-state index in [1.54, 1.807) is 11.0 Å². The van der Waals surface area contributed by atoms with Crippen LogP contribution in [0.3, 0.4) is 0 Å². The van der Waals surface area contributed by atoms with Crippen molar-refractivity contribution in [3.05, 3.63) is 34.9 Å². The first-order valence-electron chi connectivity index (χ1n) is 10.3. The number of imide groups is 1.